The van der Waals surface area contributed by atoms with Crippen LogP contribution in [0.1, 0.15) is 38.8 Å². The van der Waals surface area contributed by atoms with Gasteiger partial charge < -0.3 is 4.90 Å². The summed E-state index contributed by atoms with van der Waals surface area (Å²) in [6, 6.07) is 8.85. The van der Waals surface area contributed by atoms with Gasteiger partial charge in [-0.1, -0.05) is 38.1 Å². The summed E-state index contributed by atoms with van der Waals surface area (Å²) in [5.74, 6) is 0.179. The van der Waals surface area contributed by atoms with Gasteiger partial charge in [0.1, 0.15) is 0 Å². The van der Waals surface area contributed by atoms with Crippen LogP contribution in [0.3, 0.4) is 0 Å². The third-order valence-electron chi connectivity index (χ3n) is 4.08. The van der Waals surface area contributed by atoms with E-state index >= 15 is 0 Å². The Morgan fingerprint density at radius 3 is 2.59 bits per heavy atom. The highest BCUT2D eigenvalue weighted by Gasteiger charge is 2.42. The lowest BCUT2D eigenvalue weighted by Gasteiger charge is -2.37. The Morgan fingerprint density at radius 1 is 1.41 bits per heavy atom. The lowest BCUT2D eigenvalue weighted by molar-refractivity contribution is -0.132. The third kappa shape index (κ3) is 1.86. The zero-order valence-electron chi connectivity index (χ0n) is 11.2. The first-order valence-electron chi connectivity index (χ1n) is 6.34. The first kappa shape index (κ1) is 12.2. The lowest BCUT2D eigenvalue weighted by atomic mass is 9.82. The van der Waals surface area contributed by atoms with E-state index < -0.39 is 0 Å². The second-order valence-electron chi connectivity index (χ2n) is 5.40. The molecule has 2 rings (SSSR count). The van der Waals surface area contributed by atoms with Crippen LogP contribution in [0.15, 0.2) is 24.3 Å². The minimum atomic E-state index is 0.0538. The second kappa shape index (κ2) is 4.17. The highest BCUT2D eigenvalue weighted by molar-refractivity contribution is 5.74. The van der Waals surface area contributed by atoms with Crippen LogP contribution in [-0.4, -0.2) is 23.4 Å². The van der Waals surface area contributed by atoms with E-state index in [9.17, 15) is 4.79 Å². The number of benzene rings is 1. The minimum Gasteiger partial charge on any atom is -0.339 e. The molecule has 0 radical (unpaired) electrons. The largest absolute Gasteiger partial charge is 0.339 e. The van der Waals surface area contributed by atoms with Crippen molar-refractivity contribution >= 4 is 5.91 Å². The Labute approximate surface area is 104 Å². The first-order chi connectivity index (χ1) is 7.98. The first-order valence-corrected chi connectivity index (χ1v) is 6.34. The molecule has 2 nitrogen and oxygen atoms in total. The Balaban J connectivity index is 2.39. The standard InChI is InChI=1S/C15H21NO/c1-5-16(11(2)17)14-10-12-8-6-7-9-13(12)15(14,3)4/h6-9,14H,5,10H2,1-4H3. The van der Waals surface area contributed by atoms with Crippen molar-refractivity contribution in [1.82, 2.24) is 4.90 Å². The van der Waals surface area contributed by atoms with Crippen LogP contribution in [0.2, 0.25) is 0 Å². The fourth-order valence-electron chi connectivity index (χ4n) is 3.13. The summed E-state index contributed by atoms with van der Waals surface area (Å²) < 4.78 is 0. The van der Waals surface area contributed by atoms with Gasteiger partial charge in [-0.05, 0) is 24.5 Å². The summed E-state index contributed by atoms with van der Waals surface area (Å²) in [7, 11) is 0. The molecule has 92 valence electrons. The van der Waals surface area contributed by atoms with Crippen LogP contribution < -0.4 is 0 Å². The molecule has 0 aliphatic heterocycles. The van der Waals surface area contributed by atoms with E-state index in [-0.39, 0.29) is 11.3 Å². The van der Waals surface area contributed by atoms with Crippen LogP contribution in [0, 0.1) is 0 Å². The van der Waals surface area contributed by atoms with Crippen LogP contribution in [0.25, 0.3) is 0 Å². The average Bonchev–Trinajstić information content (AvgIpc) is 2.53. The molecule has 1 aliphatic carbocycles. The molecule has 0 bridgehead atoms. The summed E-state index contributed by atoms with van der Waals surface area (Å²) >= 11 is 0. The van der Waals surface area contributed by atoms with Gasteiger partial charge >= 0.3 is 0 Å². The molecular weight excluding hydrogens is 210 g/mol. The molecule has 0 fully saturated rings. The predicted octanol–water partition coefficient (Wildman–Crippen LogP) is 2.76. The average molecular weight is 231 g/mol. The molecule has 1 aromatic rings. The molecule has 1 aliphatic rings. The maximum Gasteiger partial charge on any atom is 0.219 e. The van der Waals surface area contributed by atoms with Gasteiger partial charge in [-0.2, -0.15) is 0 Å². The predicted molar refractivity (Wildman–Crippen MR) is 70.0 cm³/mol. The monoisotopic (exact) mass is 231 g/mol. The highest BCUT2D eigenvalue weighted by atomic mass is 16.2. The Bertz CT molecular complexity index is 436. The normalized spacial score (nSPS) is 21.1. The van der Waals surface area contributed by atoms with Gasteiger partial charge in [0.05, 0.1) is 0 Å². The molecule has 0 saturated heterocycles. The van der Waals surface area contributed by atoms with Crippen molar-refractivity contribution < 1.29 is 4.79 Å². The van der Waals surface area contributed by atoms with E-state index in [4.69, 9.17) is 0 Å². The Kier molecular flexibility index (Phi) is 2.98. The zero-order valence-corrected chi connectivity index (χ0v) is 11.2. The molecule has 17 heavy (non-hydrogen) atoms. The number of hydrogen-bond acceptors (Lipinski definition) is 1. The van der Waals surface area contributed by atoms with Crippen molar-refractivity contribution in [3.63, 3.8) is 0 Å². The molecule has 0 spiro atoms. The molecule has 0 aromatic heterocycles. The lowest BCUT2D eigenvalue weighted by Crippen LogP contribution is -2.47. The highest BCUT2D eigenvalue weighted by Crippen LogP contribution is 2.41. The van der Waals surface area contributed by atoms with Crippen LogP contribution >= 0.6 is 0 Å². The van der Waals surface area contributed by atoms with Crippen molar-refractivity contribution in [3.8, 4) is 0 Å². The van der Waals surface area contributed by atoms with E-state index in [0.717, 1.165) is 13.0 Å². The quantitative estimate of drug-likeness (QED) is 0.766. The van der Waals surface area contributed by atoms with Crippen LogP contribution in [-0.2, 0) is 16.6 Å². The number of amides is 1. The molecule has 2 heteroatoms. The molecule has 0 N–H and O–H groups in total. The summed E-state index contributed by atoms with van der Waals surface area (Å²) in [6.07, 6.45) is 0.983. The number of fused-ring (bicyclic) bond motifs is 1. The van der Waals surface area contributed by atoms with Crippen molar-refractivity contribution in [1.29, 1.82) is 0 Å². The van der Waals surface area contributed by atoms with E-state index in [1.54, 1.807) is 6.92 Å². The molecule has 0 heterocycles. The summed E-state index contributed by atoms with van der Waals surface area (Å²) in [4.78, 5) is 13.7. The van der Waals surface area contributed by atoms with Crippen LogP contribution in [0.5, 0.6) is 0 Å². The molecule has 1 atom stereocenters. The van der Waals surface area contributed by atoms with Crippen molar-refractivity contribution in [3.05, 3.63) is 35.4 Å². The van der Waals surface area contributed by atoms with Gasteiger partial charge in [-0.25, -0.2) is 0 Å². The molecular formula is C15H21NO. The fraction of sp³-hybridized carbons (Fsp3) is 0.533. The van der Waals surface area contributed by atoms with Gasteiger partial charge in [-0.3, -0.25) is 4.79 Å². The summed E-state index contributed by atoms with van der Waals surface area (Å²) in [6.45, 7) is 9.00. The Morgan fingerprint density at radius 2 is 2.06 bits per heavy atom. The number of carbonyl (C=O) groups excluding carboxylic acids is 1. The van der Waals surface area contributed by atoms with Gasteiger partial charge in [0.2, 0.25) is 5.91 Å². The van der Waals surface area contributed by atoms with E-state index in [1.807, 2.05) is 4.90 Å². The SMILES string of the molecule is CCN(C(C)=O)C1Cc2ccccc2C1(C)C. The number of rotatable bonds is 2. The number of likely N-dealkylation sites (N-methyl/N-ethyl adjacent to an activating group) is 1. The van der Waals surface area contributed by atoms with Gasteiger partial charge in [0.25, 0.3) is 0 Å². The van der Waals surface area contributed by atoms with Crippen LogP contribution in [0.4, 0.5) is 0 Å². The van der Waals surface area contributed by atoms with E-state index in [2.05, 4.69) is 45.0 Å². The summed E-state index contributed by atoms with van der Waals surface area (Å²) in [5.41, 5.74) is 2.84. The van der Waals surface area contributed by atoms with Gasteiger partial charge in [-0.15, -0.1) is 0 Å². The maximum atomic E-state index is 11.7. The Hall–Kier alpha value is -1.31. The topological polar surface area (TPSA) is 20.3 Å². The second-order valence-corrected chi connectivity index (χ2v) is 5.40. The molecule has 0 saturated carbocycles. The van der Waals surface area contributed by atoms with Gasteiger partial charge in [0, 0.05) is 24.9 Å². The number of nitrogens with zero attached hydrogens (tertiary/aromatic N) is 1. The van der Waals surface area contributed by atoms with Crippen molar-refractivity contribution in [2.75, 3.05) is 6.54 Å². The molecule has 1 amide bonds. The van der Waals surface area contributed by atoms with E-state index in [1.165, 1.54) is 11.1 Å². The zero-order chi connectivity index (χ0) is 12.6. The van der Waals surface area contributed by atoms with Crippen molar-refractivity contribution in [2.45, 2.75) is 45.6 Å². The number of carbonyl (C=O) groups is 1. The molecule has 1 unspecified atom stereocenters. The number of hydrogen-bond donors (Lipinski definition) is 0. The molecule has 1 aromatic carbocycles. The fourth-order valence-corrected chi connectivity index (χ4v) is 3.13. The van der Waals surface area contributed by atoms with Crippen molar-refractivity contribution in [2.24, 2.45) is 0 Å². The van der Waals surface area contributed by atoms with E-state index in [0.29, 0.717) is 6.04 Å². The third-order valence-corrected chi connectivity index (χ3v) is 4.08. The maximum absolute atomic E-state index is 11.7. The van der Waals surface area contributed by atoms with Gasteiger partial charge in [0.15, 0.2) is 0 Å². The minimum absolute atomic E-state index is 0.0538. The smallest absolute Gasteiger partial charge is 0.219 e. The summed E-state index contributed by atoms with van der Waals surface area (Å²) in [5, 5.41) is 0.